The zero-order valence-electron chi connectivity index (χ0n) is 9.85. The Morgan fingerprint density at radius 3 is 2.13 bits per heavy atom. The van der Waals surface area contributed by atoms with Gasteiger partial charge in [0.05, 0.1) is 0 Å². The molecule has 0 aliphatic rings. The van der Waals surface area contributed by atoms with Crippen molar-refractivity contribution in [2.75, 3.05) is 0 Å². The molecular weight excluding hydrogens is 436 g/mol. The van der Waals surface area contributed by atoms with Gasteiger partial charge in [-0.2, -0.15) is 0 Å². The Balaban J connectivity index is -0.000000339. The van der Waals surface area contributed by atoms with Crippen LogP contribution in [0.3, 0.4) is 0 Å². The minimum atomic E-state index is -0.335. The summed E-state index contributed by atoms with van der Waals surface area (Å²) in [5.74, 6) is 0.0848. The summed E-state index contributed by atoms with van der Waals surface area (Å²) in [6.07, 6.45) is 0. The number of ether oxygens (including phenoxy) is 1. The molecule has 15 heavy (non-hydrogen) atoms. The first kappa shape index (κ1) is 21.4. The zero-order chi connectivity index (χ0) is 10.3. The SMILES string of the molecule is CC.CC(=O)Oc1[c-]cc(C)[c-]c1.[Rb+].[Re]. The van der Waals surface area contributed by atoms with E-state index in [1.54, 1.807) is 12.1 Å². The monoisotopic (exact) mass is 450 g/mol. The molecule has 0 amide bonds. The number of benzene rings is 1. The molecule has 0 bridgehead atoms. The Labute approximate surface area is 155 Å². The van der Waals surface area contributed by atoms with Gasteiger partial charge in [-0.3, -0.25) is 22.5 Å². The Hall–Kier alpha value is 1.16. The van der Waals surface area contributed by atoms with Crippen LogP contribution in [0.5, 0.6) is 5.75 Å². The molecule has 79 valence electrons. The summed E-state index contributed by atoms with van der Waals surface area (Å²) in [5, 5.41) is 0. The maximum absolute atomic E-state index is 10.4. The Morgan fingerprint density at radius 1 is 1.27 bits per heavy atom. The number of rotatable bonds is 1. The van der Waals surface area contributed by atoms with Crippen molar-refractivity contribution in [3.05, 3.63) is 29.8 Å². The molecule has 1 radical (unpaired) electrons. The van der Waals surface area contributed by atoms with Crippen molar-refractivity contribution in [2.24, 2.45) is 0 Å². The van der Waals surface area contributed by atoms with Crippen LogP contribution in [0.4, 0.5) is 0 Å². The minimum absolute atomic E-state index is 0. The van der Waals surface area contributed by atoms with E-state index in [2.05, 4.69) is 12.1 Å². The van der Waals surface area contributed by atoms with Gasteiger partial charge >= 0.3 is 58.2 Å². The molecular formula is C11H14O2RbRe-. The fourth-order valence-corrected chi connectivity index (χ4v) is 0.656. The standard InChI is InChI=1S/C9H8O2.C2H6.Rb.Re/c1-7-3-5-9(6-4-7)11-8(2)10;1-2;;/h3,6H,1-2H3;1-2H3;;/q-2;;+1;. The summed E-state index contributed by atoms with van der Waals surface area (Å²) in [7, 11) is 0. The van der Waals surface area contributed by atoms with E-state index in [4.69, 9.17) is 4.74 Å². The van der Waals surface area contributed by atoms with E-state index < -0.39 is 0 Å². The van der Waals surface area contributed by atoms with Gasteiger partial charge in [-0.05, 0) is 0 Å². The molecule has 2 nitrogen and oxygen atoms in total. The average molecular weight is 450 g/mol. The summed E-state index contributed by atoms with van der Waals surface area (Å²) in [6.45, 7) is 7.25. The molecule has 0 heterocycles. The number of hydrogen-bond donors (Lipinski definition) is 0. The van der Waals surface area contributed by atoms with Crippen LogP contribution in [-0.4, -0.2) is 5.97 Å². The van der Waals surface area contributed by atoms with Crippen molar-refractivity contribution in [1.82, 2.24) is 0 Å². The first-order valence-electron chi connectivity index (χ1n) is 4.27. The molecule has 0 unspecified atom stereocenters. The molecule has 0 fully saturated rings. The molecule has 0 atom stereocenters. The van der Waals surface area contributed by atoms with E-state index in [-0.39, 0.29) is 84.6 Å². The van der Waals surface area contributed by atoms with E-state index in [0.29, 0.717) is 5.75 Å². The first-order valence-corrected chi connectivity index (χ1v) is 4.27. The quantitative estimate of drug-likeness (QED) is 0.330. The van der Waals surface area contributed by atoms with Gasteiger partial charge in [0.1, 0.15) is 0 Å². The molecule has 4 heteroatoms. The normalized spacial score (nSPS) is 7.20. The summed E-state index contributed by atoms with van der Waals surface area (Å²) in [6, 6.07) is 9.00. The maximum Gasteiger partial charge on any atom is 1.00 e. The van der Waals surface area contributed by atoms with Crippen LogP contribution in [0.15, 0.2) is 12.1 Å². The fourth-order valence-electron chi connectivity index (χ4n) is 0.656. The van der Waals surface area contributed by atoms with Crippen LogP contribution in [0.2, 0.25) is 0 Å². The number of esters is 1. The summed E-state index contributed by atoms with van der Waals surface area (Å²) in [4.78, 5) is 10.4. The number of carbonyl (C=O) groups excluding carboxylic acids is 1. The van der Waals surface area contributed by atoms with Crippen LogP contribution in [0.25, 0.3) is 0 Å². The molecule has 0 aliphatic heterocycles. The third-order valence-corrected chi connectivity index (χ3v) is 1.12. The molecule has 0 saturated carbocycles. The second kappa shape index (κ2) is 13.2. The van der Waals surface area contributed by atoms with Crippen LogP contribution >= 0.6 is 0 Å². The minimum Gasteiger partial charge on any atom is -0.517 e. The fraction of sp³-hybridized carbons (Fsp3) is 0.364. The molecule has 1 aromatic rings. The van der Waals surface area contributed by atoms with Crippen molar-refractivity contribution in [3.8, 4) is 5.75 Å². The zero-order valence-corrected chi connectivity index (χ0v) is 17.5. The maximum atomic E-state index is 10.4. The van der Waals surface area contributed by atoms with E-state index in [1.165, 1.54) is 6.92 Å². The van der Waals surface area contributed by atoms with Crippen LogP contribution in [0.1, 0.15) is 26.3 Å². The summed E-state index contributed by atoms with van der Waals surface area (Å²) < 4.78 is 4.74. The molecule has 0 saturated heterocycles. The second-order valence-electron chi connectivity index (χ2n) is 2.22. The molecule has 0 spiro atoms. The van der Waals surface area contributed by atoms with Crippen LogP contribution in [0, 0.1) is 19.1 Å². The topological polar surface area (TPSA) is 26.3 Å². The van der Waals surface area contributed by atoms with Crippen molar-refractivity contribution in [2.45, 2.75) is 27.7 Å². The Morgan fingerprint density at radius 2 is 1.80 bits per heavy atom. The molecule has 0 N–H and O–H groups in total. The van der Waals surface area contributed by atoms with E-state index in [0.717, 1.165) is 5.56 Å². The van der Waals surface area contributed by atoms with Gasteiger partial charge in [0.15, 0.2) is 0 Å². The summed E-state index contributed by atoms with van der Waals surface area (Å²) in [5.41, 5.74) is 0.973. The Kier molecular flexibility index (Phi) is 18.9. The average Bonchev–Trinajstić information content (AvgIpc) is 2.12. The van der Waals surface area contributed by atoms with Crippen molar-refractivity contribution in [1.29, 1.82) is 0 Å². The third kappa shape index (κ3) is 11.4. The van der Waals surface area contributed by atoms with E-state index in [1.807, 2.05) is 20.8 Å². The van der Waals surface area contributed by atoms with Gasteiger partial charge in [-0.15, -0.1) is 6.92 Å². The molecule has 1 aromatic carbocycles. The predicted molar refractivity (Wildman–Crippen MR) is 51.5 cm³/mol. The largest absolute Gasteiger partial charge is 1.00 e. The van der Waals surface area contributed by atoms with E-state index in [9.17, 15) is 4.79 Å². The van der Waals surface area contributed by atoms with Gasteiger partial charge in [0.2, 0.25) is 0 Å². The van der Waals surface area contributed by atoms with Gasteiger partial charge in [0, 0.05) is 27.3 Å². The molecule has 0 aliphatic carbocycles. The molecule has 1 rings (SSSR count). The predicted octanol–water partition coefficient (Wildman–Crippen LogP) is -0.452. The van der Waals surface area contributed by atoms with Crippen LogP contribution in [-0.2, 0) is 25.2 Å². The summed E-state index contributed by atoms with van der Waals surface area (Å²) >= 11 is 0. The second-order valence-corrected chi connectivity index (χ2v) is 2.22. The van der Waals surface area contributed by atoms with Crippen molar-refractivity contribution < 1.29 is 88.1 Å². The first-order chi connectivity index (χ1) is 6.18. The smallest absolute Gasteiger partial charge is 0.517 e. The van der Waals surface area contributed by atoms with E-state index >= 15 is 0 Å². The third-order valence-electron chi connectivity index (χ3n) is 1.12. The number of carbonyl (C=O) groups is 1. The number of aryl methyl sites for hydroxylation is 1. The van der Waals surface area contributed by atoms with Crippen LogP contribution < -0.4 is 62.9 Å². The van der Waals surface area contributed by atoms with Gasteiger partial charge in [-0.25, -0.2) is 6.07 Å². The van der Waals surface area contributed by atoms with Gasteiger partial charge < -0.3 is 10.8 Å². The van der Waals surface area contributed by atoms with Crippen molar-refractivity contribution >= 4 is 5.97 Å². The van der Waals surface area contributed by atoms with Gasteiger partial charge in [-0.1, -0.05) is 19.6 Å². The van der Waals surface area contributed by atoms with Gasteiger partial charge in [0.25, 0.3) is 5.97 Å². The number of hydrogen-bond acceptors (Lipinski definition) is 2. The van der Waals surface area contributed by atoms with Crippen molar-refractivity contribution in [3.63, 3.8) is 0 Å². The molecule has 0 aromatic heterocycles. The Bertz CT molecular complexity index is 260.